The summed E-state index contributed by atoms with van der Waals surface area (Å²) < 4.78 is 20.8. The van der Waals surface area contributed by atoms with Gasteiger partial charge in [0.1, 0.15) is 11.4 Å². The fourth-order valence-electron chi connectivity index (χ4n) is 4.95. The van der Waals surface area contributed by atoms with Crippen molar-refractivity contribution in [3.8, 4) is 34.2 Å². The molecule has 6 rings (SSSR count). The highest BCUT2D eigenvalue weighted by molar-refractivity contribution is 7.15. The molecule has 0 radical (unpaired) electrons. The molecule has 0 saturated carbocycles. The monoisotopic (exact) mass is 633 g/mol. The first-order valence-electron chi connectivity index (χ1n) is 15.3. The van der Waals surface area contributed by atoms with Crippen molar-refractivity contribution in [1.82, 2.24) is 24.4 Å². The van der Waals surface area contributed by atoms with E-state index in [-0.39, 0.29) is 5.56 Å². The predicted molar refractivity (Wildman–Crippen MR) is 183 cm³/mol. The van der Waals surface area contributed by atoms with Gasteiger partial charge in [-0.2, -0.15) is 14.6 Å². The Labute approximate surface area is 271 Å². The standard InChI is InChI=1S/C36H35N5O4S/c1-5-18-44-29-16-14-26(20-24(29)3)34-27(23-40(39-34)28-10-8-7-9-11-28)22-32-35(42)41-36(46-32)37-33(38-41)17-13-25-12-15-30(45-19-6-2)31(21-25)43-4/h7-17,20-23H,5-6,18-19H2,1-4H3/b17-13+,32-22-. The van der Waals surface area contributed by atoms with Crippen molar-refractivity contribution in [3.63, 3.8) is 0 Å². The third-order valence-corrected chi connectivity index (χ3v) is 8.19. The van der Waals surface area contributed by atoms with Gasteiger partial charge in [-0.1, -0.05) is 55.5 Å². The number of hydrogen-bond acceptors (Lipinski definition) is 8. The summed E-state index contributed by atoms with van der Waals surface area (Å²) in [7, 11) is 1.62. The molecule has 0 aliphatic carbocycles. The number of ether oxygens (including phenoxy) is 3. The molecule has 0 aliphatic rings. The van der Waals surface area contributed by atoms with Gasteiger partial charge in [0.05, 0.1) is 30.5 Å². The normalized spacial score (nSPS) is 12.0. The molecule has 10 heteroatoms. The molecule has 9 nitrogen and oxygen atoms in total. The topological polar surface area (TPSA) is 92.8 Å². The van der Waals surface area contributed by atoms with E-state index < -0.39 is 0 Å². The summed E-state index contributed by atoms with van der Waals surface area (Å²) >= 11 is 1.29. The average Bonchev–Trinajstić information content (AvgIpc) is 3.77. The number of aryl methyl sites for hydroxylation is 1. The molecule has 3 aromatic heterocycles. The van der Waals surface area contributed by atoms with E-state index in [1.165, 1.54) is 15.9 Å². The van der Waals surface area contributed by atoms with Gasteiger partial charge in [0, 0.05) is 17.3 Å². The van der Waals surface area contributed by atoms with Crippen molar-refractivity contribution in [2.75, 3.05) is 20.3 Å². The van der Waals surface area contributed by atoms with Crippen LogP contribution in [0.2, 0.25) is 0 Å². The van der Waals surface area contributed by atoms with Crippen LogP contribution in [0.15, 0.2) is 77.7 Å². The molecule has 6 aromatic rings. The van der Waals surface area contributed by atoms with E-state index in [0.29, 0.717) is 40.0 Å². The Kier molecular flexibility index (Phi) is 9.25. The smallest absolute Gasteiger partial charge is 0.291 e. The summed E-state index contributed by atoms with van der Waals surface area (Å²) in [5.41, 5.74) is 5.12. The van der Waals surface area contributed by atoms with E-state index in [0.717, 1.165) is 52.2 Å². The van der Waals surface area contributed by atoms with Crippen LogP contribution in [0.3, 0.4) is 0 Å². The van der Waals surface area contributed by atoms with E-state index in [2.05, 4.69) is 30.0 Å². The number of nitrogens with zero attached hydrogens (tertiary/aromatic N) is 5. The number of benzene rings is 3. The Bertz CT molecular complexity index is 2110. The van der Waals surface area contributed by atoms with E-state index in [1.807, 2.05) is 90.6 Å². The molecule has 234 valence electrons. The molecular weight excluding hydrogens is 598 g/mol. The van der Waals surface area contributed by atoms with Crippen LogP contribution in [0, 0.1) is 6.92 Å². The summed E-state index contributed by atoms with van der Waals surface area (Å²) in [6.07, 6.45) is 9.32. The Morgan fingerprint density at radius 1 is 0.870 bits per heavy atom. The Morgan fingerprint density at radius 2 is 1.63 bits per heavy atom. The van der Waals surface area contributed by atoms with Gasteiger partial charge < -0.3 is 14.2 Å². The minimum atomic E-state index is -0.232. The van der Waals surface area contributed by atoms with E-state index in [4.69, 9.17) is 19.3 Å². The zero-order chi connectivity index (χ0) is 32.0. The average molecular weight is 634 g/mol. The summed E-state index contributed by atoms with van der Waals surface area (Å²) in [5.74, 6) is 2.65. The van der Waals surface area contributed by atoms with Crippen LogP contribution in [0.4, 0.5) is 0 Å². The molecule has 0 bridgehead atoms. The molecular formula is C36H35N5O4S. The lowest BCUT2D eigenvalue weighted by Gasteiger charge is -2.10. The van der Waals surface area contributed by atoms with Crippen molar-refractivity contribution < 1.29 is 14.2 Å². The molecule has 3 heterocycles. The fourth-order valence-corrected chi connectivity index (χ4v) is 5.86. The van der Waals surface area contributed by atoms with Crippen LogP contribution in [0.5, 0.6) is 17.2 Å². The third kappa shape index (κ3) is 6.57. The van der Waals surface area contributed by atoms with Crippen LogP contribution in [0.1, 0.15) is 49.2 Å². The number of thiazole rings is 1. The van der Waals surface area contributed by atoms with Gasteiger partial charge in [-0.05, 0) is 85.5 Å². The summed E-state index contributed by atoms with van der Waals surface area (Å²) in [6, 6.07) is 21.7. The van der Waals surface area contributed by atoms with Crippen molar-refractivity contribution in [3.05, 3.63) is 110 Å². The van der Waals surface area contributed by atoms with Gasteiger partial charge in [-0.3, -0.25) is 4.79 Å². The van der Waals surface area contributed by atoms with Crippen molar-refractivity contribution >= 4 is 34.5 Å². The highest BCUT2D eigenvalue weighted by Gasteiger charge is 2.15. The quantitative estimate of drug-likeness (QED) is 0.150. The molecule has 0 atom stereocenters. The molecule has 0 unspecified atom stereocenters. The van der Waals surface area contributed by atoms with Crippen LogP contribution >= 0.6 is 11.3 Å². The van der Waals surface area contributed by atoms with Gasteiger partial charge in [0.2, 0.25) is 4.96 Å². The number of fused-ring (bicyclic) bond motifs is 1. The molecule has 0 aliphatic heterocycles. The van der Waals surface area contributed by atoms with Crippen molar-refractivity contribution in [1.29, 1.82) is 0 Å². The lowest BCUT2D eigenvalue weighted by atomic mass is 10.0. The number of rotatable bonds is 12. The van der Waals surface area contributed by atoms with Crippen LogP contribution in [0.25, 0.3) is 40.1 Å². The second kappa shape index (κ2) is 13.8. The maximum atomic E-state index is 13.5. The number of para-hydroxylation sites is 1. The maximum Gasteiger partial charge on any atom is 0.291 e. The Balaban J connectivity index is 1.33. The van der Waals surface area contributed by atoms with Crippen molar-refractivity contribution in [2.24, 2.45) is 0 Å². The van der Waals surface area contributed by atoms with E-state index in [1.54, 1.807) is 13.2 Å². The lowest BCUT2D eigenvalue weighted by molar-refractivity contribution is 0.294. The maximum absolute atomic E-state index is 13.5. The fraction of sp³-hybridized carbons (Fsp3) is 0.222. The van der Waals surface area contributed by atoms with Gasteiger partial charge in [-0.15, -0.1) is 5.10 Å². The molecule has 0 amide bonds. The molecule has 3 aromatic carbocycles. The Morgan fingerprint density at radius 3 is 2.35 bits per heavy atom. The van der Waals surface area contributed by atoms with Gasteiger partial charge in [0.15, 0.2) is 17.3 Å². The van der Waals surface area contributed by atoms with Crippen LogP contribution in [-0.4, -0.2) is 44.7 Å². The minimum Gasteiger partial charge on any atom is -0.493 e. The van der Waals surface area contributed by atoms with Crippen LogP contribution < -0.4 is 24.3 Å². The largest absolute Gasteiger partial charge is 0.493 e. The number of methoxy groups -OCH3 is 1. The zero-order valence-corrected chi connectivity index (χ0v) is 27.1. The summed E-state index contributed by atoms with van der Waals surface area (Å²) in [6.45, 7) is 7.46. The predicted octanol–water partition coefficient (Wildman–Crippen LogP) is 6.62. The summed E-state index contributed by atoms with van der Waals surface area (Å²) in [5, 5.41) is 9.41. The number of aromatic nitrogens is 5. The van der Waals surface area contributed by atoms with Gasteiger partial charge >= 0.3 is 0 Å². The van der Waals surface area contributed by atoms with E-state index in [9.17, 15) is 4.79 Å². The van der Waals surface area contributed by atoms with Gasteiger partial charge in [-0.25, -0.2) is 4.68 Å². The first kappa shape index (κ1) is 30.8. The van der Waals surface area contributed by atoms with Crippen molar-refractivity contribution in [2.45, 2.75) is 33.6 Å². The minimum absolute atomic E-state index is 0.232. The van der Waals surface area contributed by atoms with Gasteiger partial charge in [0.25, 0.3) is 5.56 Å². The first-order valence-corrected chi connectivity index (χ1v) is 16.1. The lowest BCUT2D eigenvalue weighted by Crippen LogP contribution is -2.23. The SMILES string of the molecule is CCCOc1ccc(-c2nn(-c3ccccc3)cc2/C=c2\sc3nc(/C=C/c4ccc(OCCC)c(OC)c4)nn3c2=O)cc1C. The third-order valence-electron chi connectivity index (χ3n) is 7.23. The first-order chi connectivity index (χ1) is 22.5. The Hall–Kier alpha value is -5.22. The zero-order valence-electron chi connectivity index (χ0n) is 26.3. The molecule has 46 heavy (non-hydrogen) atoms. The molecule has 0 spiro atoms. The molecule has 0 N–H and O–H groups in total. The highest BCUT2D eigenvalue weighted by atomic mass is 32.1. The molecule has 0 saturated heterocycles. The molecule has 0 fully saturated rings. The number of hydrogen-bond donors (Lipinski definition) is 0. The van der Waals surface area contributed by atoms with Crippen LogP contribution in [-0.2, 0) is 0 Å². The van der Waals surface area contributed by atoms with E-state index >= 15 is 0 Å². The second-order valence-electron chi connectivity index (χ2n) is 10.7. The second-order valence-corrected chi connectivity index (χ2v) is 11.7. The summed E-state index contributed by atoms with van der Waals surface area (Å²) in [4.78, 5) is 18.6. The highest BCUT2D eigenvalue weighted by Crippen LogP contribution is 2.30.